The Hall–Kier alpha value is -2.54. The lowest BCUT2D eigenvalue weighted by Gasteiger charge is -2.47. The Bertz CT molecular complexity index is 981. The van der Waals surface area contributed by atoms with Gasteiger partial charge in [0.2, 0.25) is 0 Å². The van der Waals surface area contributed by atoms with Crippen LogP contribution in [0.3, 0.4) is 0 Å². The van der Waals surface area contributed by atoms with Gasteiger partial charge in [-0.1, -0.05) is 18.6 Å². The van der Waals surface area contributed by atoms with Gasteiger partial charge in [-0.05, 0) is 63.0 Å². The summed E-state index contributed by atoms with van der Waals surface area (Å²) in [5.74, 6) is 1.72. The molecule has 2 heterocycles. The second-order valence-corrected chi connectivity index (χ2v) is 9.78. The van der Waals surface area contributed by atoms with E-state index in [9.17, 15) is 9.59 Å². The highest BCUT2D eigenvalue weighted by Gasteiger charge is 2.37. The zero-order valence-electron chi connectivity index (χ0n) is 20.0. The number of carbonyl (C=O) groups is 2. The van der Waals surface area contributed by atoms with Gasteiger partial charge in [-0.3, -0.25) is 14.5 Å². The Labute approximate surface area is 196 Å². The highest BCUT2D eigenvalue weighted by Crippen LogP contribution is 2.35. The summed E-state index contributed by atoms with van der Waals surface area (Å²) in [4.78, 5) is 35.1. The van der Waals surface area contributed by atoms with Crippen LogP contribution in [0.15, 0.2) is 24.5 Å². The molecule has 2 fully saturated rings. The number of aryl methyl sites for hydroxylation is 1. The van der Waals surface area contributed by atoms with Crippen molar-refractivity contribution in [3.63, 3.8) is 0 Å². The summed E-state index contributed by atoms with van der Waals surface area (Å²) in [5.41, 5.74) is 2.03. The third-order valence-corrected chi connectivity index (χ3v) is 7.25. The van der Waals surface area contributed by atoms with Crippen LogP contribution in [0, 0.1) is 18.8 Å². The molecule has 7 heteroatoms. The fourth-order valence-corrected chi connectivity index (χ4v) is 5.49. The average molecular weight is 453 g/mol. The van der Waals surface area contributed by atoms with Crippen molar-refractivity contribution < 1.29 is 14.3 Å². The molecule has 1 N–H and O–H groups in total. The molecule has 7 nitrogen and oxygen atoms in total. The fourth-order valence-electron chi connectivity index (χ4n) is 5.49. The van der Waals surface area contributed by atoms with Crippen molar-refractivity contribution in [1.82, 2.24) is 14.9 Å². The maximum Gasteiger partial charge on any atom is 0.302 e. The quantitative estimate of drug-likeness (QED) is 0.572. The molecule has 178 valence electrons. The van der Waals surface area contributed by atoms with Crippen molar-refractivity contribution in [3.05, 3.63) is 30.1 Å². The molecule has 1 saturated carbocycles. The monoisotopic (exact) mass is 452 g/mol. The SMILES string of the molecule is CCC(OC(C)=O)C1CCC(N2CC(CC(=O)CNc3ncnc4ccc(C)cc34)C2)CC1. The molecule has 1 aromatic heterocycles. The number of hydrogen-bond acceptors (Lipinski definition) is 7. The van der Waals surface area contributed by atoms with E-state index in [2.05, 4.69) is 33.2 Å². The van der Waals surface area contributed by atoms with Crippen molar-refractivity contribution in [1.29, 1.82) is 0 Å². The molecular weight excluding hydrogens is 416 g/mol. The van der Waals surface area contributed by atoms with Crippen LogP contribution in [0.2, 0.25) is 0 Å². The molecule has 1 aliphatic carbocycles. The number of nitrogens with zero attached hydrogens (tertiary/aromatic N) is 3. The van der Waals surface area contributed by atoms with Crippen LogP contribution in [0.25, 0.3) is 10.9 Å². The van der Waals surface area contributed by atoms with Gasteiger partial charge in [-0.15, -0.1) is 0 Å². The van der Waals surface area contributed by atoms with Gasteiger partial charge < -0.3 is 10.1 Å². The van der Waals surface area contributed by atoms with Gasteiger partial charge in [-0.2, -0.15) is 0 Å². The van der Waals surface area contributed by atoms with E-state index in [4.69, 9.17) is 4.74 Å². The molecule has 1 aromatic carbocycles. The Morgan fingerprint density at radius 3 is 2.64 bits per heavy atom. The summed E-state index contributed by atoms with van der Waals surface area (Å²) in [6.45, 7) is 7.96. The second kappa shape index (κ2) is 10.6. The van der Waals surface area contributed by atoms with Gasteiger partial charge in [0.25, 0.3) is 0 Å². The predicted octanol–water partition coefficient (Wildman–Crippen LogP) is 4.14. The molecule has 0 radical (unpaired) electrons. The molecule has 33 heavy (non-hydrogen) atoms. The van der Waals surface area contributed by atoms with E-state index in [-0.39, 0.29) is 17.9 Å². The van der Waals surface area contributed by atoms with Crippen LogP contribution in [0.5, 0.6) is 0 Å². The summed E-state index contributed by atoms with van der Waals surface area (Å²) >= 11 is 0. The minimum atomic E-state index is -0.170. The molecule has 4 rings (SSSR count). The molecule has 2 aromatic rings. The van der Waals surface area contributed by atoms with Crippen LogP contribution in [-0.4, -0.2) is 58.4 Å². The zero-order valence-corrected chi connectivity index (χ0v) is 20.0. The average Bonchev–Trinajstić information content (AvgIpc) is 2.78. The van der Waals surface area contributed by atoms with Crippen LogP contribution in [0.4, 0.5) is 5.82 Å². The van der Waals surface area contributed by atoms with Crippen molar-refractivity contribution >= 4 is 28.5 Å². The van der Waals surface area contributed by atoms with Crippen LogP contribution < -0.4 is 5.32 Å². The molecule has 1 unspecified atom stereocenters. The first kappa shape index (κ1) is 23.6. The number of ketones is 1. The number of nitrogens with one attached hydrogen (secondary N) is 1. The summed E-state index contributed by atoms with van der Waals surface area (Å²) in [5, 5.41) is 4.18. The lowest BCUT2D eigenvalue weighted by molar-refractivity contribution is -0.150. The molecule has 1 atom stereocenters. The first-order valence-corrected chi connectivity index (χ1v) is 12.3. The van der Waals surface area contributed by atoms with E-state index >= 15 is 0 Å². The maximum absolute atomic E-state index is 12.6. The molecule has 0 amide bonds. The third-order valence-electron chi connectivity index (χ3n) is 7.25. The van der Waals surface area contributed by atoms with Crippen LogP contribution in [-0.2, 0) is 14.3 Å². The molecular formula is C26H36N4O3. The minimum absolute atomic E-state index is 0.0635. The topological polar surface area (TPSA) is 84.4 Å². The predicted molar refractivity (Wildman–Crippen MR) is 129 cm³/mol. The number of anilines is 1. The van der Waals surface area contributed by atoms with Gasteiger partial charge >= 0.3 is 5.97 Å². The lowest BCUT2D eigenvalue weighted by Crippen LogP contribution is -2.54. The van der Waals surface area contributed by atoms with Gasteiger partial charge in [0, 0.05) is 37.9 Å². The molecule has 0 bridgehead atoms. The van der Waals surface area contributed by atoms with E-state index in [0.29, 0.717) is 30.8 Å². The van der Waals surface area contributed by atoms with Gasteiger partial charge in [0.1, 0.15) is 18.2 Å². The Morgan fingerprint density at radius 2 is 1.94 bits per heavy atom. The molecule has 2 aliphatic rings. The van der Waals surface area contributed by atoms with Crippen LogP contribution >= 0.6 is 0 Å². The van der Waals surface area contributed by atoms with Crippen molar-refractivity contribution in [2.75, 3.05) is 25.0 Å². The van der Waals surface area contributed by atoms with Crippen molar-refractivity contribution in [2.24, 2.45) is 11.8 Å². The Balaban J connectivity index is 1.18. The molecule has 1 aliphatic heterocycles. The van der Waals surface area contributed by atoms with E-state index in [0.717, 1.165) is 67.5 Å². The number of Topliss-reactive ketones (excluding diaryl/α,β-unsaturated/α-hetero) is 1. The third kappa shape index (κ3) is 5.88. The first-order chi connectivity index (χ1) is 15.9. The molecule has 1 saturated heterocycles. The number of carbonyl (C=O) groups excluding carboxylic acids is 2. The lowest BCUT2D eigenvalue weighted by atomic mass is 9.79. The van der Waals surface area contributed by atoms with E-state index in [1.165, 1.54) is 13.3 Å². The normalized spacial score (nSPS) is 22.5. The standard InChI is InChI=1S/C26H36N4O3/c1-4-25(33-18(3)31)20-6-8-21(9-7-20)30-14-19(15-30)12-22(32)13-27-26-23-11-17(2)5-10-24(23)28-16-29-26/h5,10-11,16,19-21,25H,4,6-9,12-15H2,1-3H3,(H,27,28,29). The second-order valence-electron chi connectivity index (χ2n) is 9.78. The summed E-state index contributed by atoms with van der Waals surface area (Å²) in [6, 6.07) is 6.67. The van der Waals surface area contributed by atoms with E-state index in [1.54, 1.807) is 0 Å². The van der Waals surface area contributed by atoms with Gasteiger partial charge in [0.05, 0.1) is 12.1 Å². The smallest absolute Gasteiger partial charge is 0.302 e. The number of esters is 1. The number of benzene rings is 1. The first-order valence-electron chi connectivity index (χ1n) is 12.3. The Morgan fingerprint density at radius 1 is 1.18 bits per heavy atom. The number of likely N-dealkylation sites (tertiary alicyclic amines) is 1. The zero-order chi connectivity index (χ0) is 23.4. The summed E-state index contributed by atoms with van der Waals surface area (Å²) in [7, 11) is 0. The number of rotatable bonds is 9. The Kier molecular flexibility index (Phi) is 7.58. The number of ether oxygens (including phenoxy) is 1. The van der Waals surface area contributed by atoms with Crippen molar-refractivity contribution in [2.45, 2.75) is 71.4 Å². The number of hydrogen-bond donors (Lipinski definition) is 1. The largest absolute Gasteiger partial charge is 0.462 e. The minimum Gasteiger partial charge on any atom is -0.462 e. The van der Waals surface area contributed by atoms with E-state index in [1.807, 2.05) is 19.1 Å². The maximum atomic E-state index is 12.6. The van der Waals surface area contributed by atoms with Gasteiger partial charge in [-0.25, -0.2) is 9.97 Å². The summed E-state index contributed by atoms with van der Waals surface area (Å²) < 4.78 is 5.52. The highest BCUT2D eigenvalue weighted by atomic mass is 16.5. The summed E-state index contributed by atoms with van der Waals surface area (Å²) in [6.07, 6.45) is 7.66. The molecule has 0 spiro atoms. The fraction of sp³-hybridized carbons (Fsp3) is 0.615. The van der Waals surface area contributed by atoms with Gasteiger partial charge in [0.15, 0.2) is 5.78 Å². The number of aromatic nitrogens is 2. The van der Waals surface area contributed by atoms with E-state index < -0.39 is 0 Å². The highest BCUT2D eigenvalue weighted by molar-refractivity contribution is 5.91. The number of fused-ring (bicyclic) bond motifs is 1. The van der Waals surface area contributed by atoms with Crippen molar-refractivity contribution in [3.8, 4) is 0 Å². The van der Waals surface area contributed by atoms with Crippen LogP contribution in [0.1, 0.15) is 57.9 Å².